The predicted molar refractivity (Wildman–Crippen MR) is 165 cm³/mol. The summed E-state index contributed by atoms with van der Waals surface area (Å²) in [7, 11) is 0. The highest BCUT2D eigenvalue weighted by Gasteiger charge is 2.75. The third kappa shape index (κ3) is 5.13. The molecule has 8 heteroatoms. The number of hydrogen-bond acceptors (Lipinski definition) is 8. The van der Waals surface area contributed by atoms with Crippen LogP contribution in [-0.4, -0.2) is 75.9 Å². The molecule has 6 aliphatic rings. The van der Waals surface area contributed by atoms with Crippen LogP contribution in [0.3, 0.4) is 0 Å². The maximum absolute atomic E-state index is 11.6. The third-order valence-electron chi connectivity index (χ3n) is 14.4. The predicted octanol–water partition coefficient (Wildman–Crippen LogP) is 4.76. The summed E-state index contributed by atoms with van der Waals surface area (Å²) in [5.74, 6) is 3.49. The second-order valence-corrected chi connectivity index (χ2v) is 16.7. The Morgan fingerprint density at radius 3 is 2.52 bits per heavy atom. The van der Waals surface area contributed by atoms with Gasteiger partial charge in [0.25, 0.3) is 0 Å². The highest BCUT2D eigenvalue weighted by atomic mass is 16.7. The number of aliphatic hydroxyl groups is 4. The van der Waals surface area contributed by atoms with Gasteiger partial charge in [-0.1, -0.05) is 20.4 Å². The Morgan fingerprint density at radius 2 is 1.82 bits per heavy atom. The molecule has 0 radical (unpaired) electrons. The van der Waals surface area contributed by atoms with Gasteiger partial charge in [-0.3, -0.25) is 4.79 Å². The standard InChI is InChI=1S/C36H58O8/c1-20(7-8-21(2)33(4,5)44-22(3)38)26-9-10-27-25-15-23-16-36(23)17-24(43-32-31(41)30(40)29(39)18-42-32)11-14-35(36,19-37)28(25)12-13-34(26,27)6/h20,23-32,37,39-41H,2,7-19H2,1,3-6H3/t20-,23+,24+,25+,26-,27+,28+,29-,30-,31+,32+,34-,35+,36?/m1/s1. The third-order valence-corrected chi connectivity index (χ3v) is 14.4. The highest BCUT2D eigenvalue weighted by Crippen LogP contribution is 2.81. The van der Waals surface area contributed by atoms with Crippen LogP contribution in [0.15, 0.2) is 12.2 Å². The second-order valence-electron chi connectivity index (χ2n) is 16.7. The van der Waals surface area contributed by atoms with Crippen LogP contribution < -0.4 is 0 Å². The van der Waals surface area contributed by atoms with E-state index in [2.05, 4.69) is 20.4 Å². The van der Waals surface area contributed by atoms with Crippen LogP contribution in [0.5, 0.6) is 0 Å². The first-order chi connectivity index (χ1) is 20.7. The SMILES string of the molecule is C=C(CC[C@@H](C)[C@H]1CC[C@H]2[C@@H]3C[C@H]4CC45C[C@@H](O[C@@H]4OC[C@@H](O)[C@@H](O)[C@@H]4O)CC[C@]5(CO)[C@H]3CC[C@]12C)C(C)(C)OC(C)=O. The fourth-order valence-electron chi connectivity index (χ4n) is 12.0. The van der Waals surface area contributed by atoms with Crippen molar-refractivity contribution in [1.29, 1.82) is 0 Å². The van der Waals surface area contributed by atoms with Crippen LogP contribution >= 0.6 is 0 Å². The molecule has 1 aliphatic heterocycles. The maximum Gasteiger partial charge on any atom is 0.303 e. The number of carbonyl (C=O) groups is 1. The molecule has 6 fully saturated rings. The van der Waals surface area contributed by atoms with Gasteiger partial charge in [0.1, 0.15) is 23.9 Å². The molecular formula is C36H58O8. The van der Waals surface area contributed by atoms with Crippen molar-refractivity contribution in [2.24, 2.45) is 51.8 Å². The Balaban J connectivity index is 1.12. The summed E-state index contributed by atoms with van der Waals surface area (Å²) in [5, 5.41) is 41.7. The van der Waals surface area contributed by atoms with Crippen LogP contribution in [0.1, 0.15) is 105 Å². The molecule has 1 saturated heterocycles. The van der Waals surface area contributed by atoms with Crippen LogP contribution in [0.4, 0.5) is 0 Å². The zero-order chi connectivity index (χ0) is 31.8. The molecule has 0 aromatic carbocycles. The lowest BCUT2D eigenvalue weighted by Crippen LogP contribution is -2.59. The number of aliphatic hydroxyl groups excluding tert-OH is 4. The lowest BCUT2D eigenvalue weighted by molar-refractivity contribution is -0.292. The van der Waals surface area contributed by atoms with Gasteiger partial charge in [0.05, 0.1) is 12.7 Å². The Kier molecular flexibility index (Phi) is 8.66. The van der Waals surface area contributed by atoms with Crippen molar-refractivity contribution in [3.05, 3.63) is 12.2 Å². The largest absolute Gasteiger partial charge is 0.455 e. The smallest absolute Gasteiger partial charge is 0.303 e. The van der Waals surface area contributed by atoms with Gasteiger partial charge in [-0.05, 0) is 136 Å². The van der Waals surface area contributed by atoms with Crippen LogP contribution in [0.25, 0.3) is 0 Å². The minimum atomic E-state index is -1.27. The summed E-state index contributed by atoms with van der Waals surface area (Å²) in [6.45, 7) is 14.8. The van der Waals surface area contributed by atoms with E-state index in [0.717, 1.165) is 44.1 Å². The topological polar surface area (TPSA) is 126 Å². The highest BCUT2D eigenvalue weighted by molar-refractivity contribution is 5.66. The first kappa shape index (κ1) is 32.9. The molecule has 0 amide bonds. The maximum atomic E-state index is 11.6. The van der Waals surface area contributed by atoms with E-state index in [4.69, 9.17) is 14.2 Å². The van der Waals surface area contributed by atoms with E-state index in [1.165, 1.54) is 39.0 Å². The van der Waals surface area contributed by atoms with Gasteiger partial charge >= 0.3 is 5.97 Å². The van der Waals surface area contributed by atoms with Gasteiger partial charge in [-0.25, -0.2) is 0 Å². The van der Waals surface area contributed by atoms with E-state index in [1.54, 1.807) is 0 Å². The minimum Gasteiger partial charge on any atom is -0.455 e. The molecule has 250 valence electrons. The van der Waals surface area contributed by atoms with Crippen molar-refractivity contribution in [3.63, 3.8) is 0 Å². The summed E-state index contributed by atoms with van der Waals surface area (Å²) in [5.41, 5.74) is 0.702. The number of carbonyl (C=O) groups excluding carboxylic acids is 1. The molecular weight excluding hydrogens is 560 g/mol. The molecule has 14 atom stereocenters. The quantitative estimate of drug-likeness (QED) is 0.166. The average molecular weight is 619 g/mol. The minimum absolute atomic E-state index is 0.0471. The first-order valence-corrected chi connectivity index (χ1v) is 17.5. The summed E-state index contributed by atoms with van der Waals surface area (Å²) < 4.78 is 17.4. The average Bonchev–Trinajstić information content (AvgIpc) is 3.54. The van der Waals surface area contributed by atoms with E-state index < -0.39 is 30.2 Å². The Hall–Kier alpha value is -1.03. The van der Waals surface area contributed by atoms with E-state index in [9.17, 15) is 25.2 Å². The molecule has 0 bridgehead atoms. The molecule has 6 rings (SSSR count). The lowest BCUT2D eigenvalue weighted by Gasteiger charge is -2.62. The fraction of sp³-hybridized carbons (Fsp3) is 0.917. The van der Waals surface area contributed by atoms with Gasteiger partial charge < -0.3 is 34.6 Å². The summed E-state index contributed by atoms with van der Waals surface area (Å²) in [6.07, 6.45) is 7.28. The van der Waals surface area contributed by atoms with Crippen molar-refractivity contribution < 1.29 is 39.4 Å². The molecule has 1 heterocycles. The van der Waals surface area contributed by atoms with Crippen molar-refractivity contribution in [1.82, 2.24) is 0 Å². The first-order valence-electron chi connectivity index (χ1n) is 17.5. The van der Waals surface area contributed by atoms with E-state index in [1.807, 2.05) is 13.8 Å². The van der Waals surface area contributed by atoms with E-state index in [-0.39, 0.29) is 36.1 Å². The van der Waals surface area contributed by atoms with Gasteiger partial charge in [-0.15, -0.1) is 0 Å². The molecule has 4 N–H and O–H groups in total. The van der Waals surface area contributed by atoms with Gasteiger partial charge in [0, 0.05) is 18.9 Å². The van der Waals surface area contributed by atoms with Gasteiger partial charge in [0.2, 0.25) is 0 Å². The summed E-state index contributed by atoms with van der Waals surface area (Å²) in [4.78, 5) is 11.6. The zero-order valence-corrected chi connectivity index (χ0v) is 27.7. The molecule has 1 unspecified atom stereocenters. The van der Waals surface area contributed by atoms with Gasteiger partial charge in [0.15, 0.2) is 6.29 Å². The molecule has 5 saturated carbocycles. The van der Waals surface area contributed by atoms with Crippen molar-refractivity contribution in [2.45, 2.75) is 142 Å². The Labute approximate surface area is 263 Å². The fourth-order valence-corrected chi connectivity index (χ4v) is 12.0. The zero-order valence-electron chi connectivity index (χ0n) is 27.7. The lowest BCUT2D eigenvalue weighted by atomic mass is 9.43. The molecule has 0 aromatic heterocycles. The Morgan fingerprint density at radius 1 is 1.07 bits per heavy atom. The molecule has 1 spiro atoms. The molecule has 5 aliphatic carbocycles. The van der Waals surface area contributed by atoms with Gasteiger partial charge in [-0.2, -0.15) is 0 Å². The number of ether oxygens (including phenoxy) is 3. The second kappa shape index (κ2) is 11.6. The Bertz CT molecular complexity index is 1110. The molecule has 0 aromatic rings. The number of fused-ring (bicyclic) bond motifs is 4. The van der Waals surface area contributed by atoms with Crippen molar-refractivity contribution in [2.75, 3.05) is 13.2 Å². The summed E-state index contributed by atoms with van der Waals surface area (Å²) >= 11 is 0. The van der Waals surface area contributed by atoms with Crippen LogP contribution in [-0.2, 0) is 19.0 Å². The number of rotatable bonds is 9. The monoisotopic (exact) mass is 618 g/mol. The normalized spacial score (nSPS) is 48.8. The number of hydrogen-bond donors (Lipinski definition) is 4. The van der Waals surface area contributed by atoms with Crippen LogP contribution in [0, 0.1) is 51.8 Å². The van der Waals surface area contributed by atoms with E-state index >= 15 is 0 Å². The van der Waals surface area contributed by atoms with Crippen LogP contribution in [0.2, 0.25) is 0 Å². The summed E-state index contributed by atoms with van der Waals surface area (Å²) in [6, 6.07) is 0. The van der Waals surface area contributed by atoms with Crippen molar-refractivity contribution >= 4 is 5.97 Å². The van der Waals surface area contributed by atoms with E-state index in [0.29, 0.717) is 40.9 Å². The van der Waals surface area contributed by atoms with Crippen molar-refractivity contribution in [3.8, 4) is 0 Å². The molecule has 44 heavy (non-hydrogen) atoms. The molecule has 8 nitrogen and oxygen atoms in total. The number of esters is 1.